The van der Waals surface area contributed by atoms with Crippen LogP contribution in [-0.4, -0.2) is 21.5 Å². The number of hydrogen-bond donors (Lipinski definition) is 2. The highest BCUT2D eigenvalue weighted by atomic mass is 32.2. The molecule has 2 rings (SSSR count). The van der Waals surface area contributed by atoms with Gasteiger partial charge in [-0.2, -0.15) is 0 Å². The third-order valence-electron chi connectivity index (χ3n) is 4.32. The molecule has 0 saturated heterocycles. The predicted octanol–water partition coefficient (Wildman–Crippen LogP) is 2.86. The van der Waals surface area contributed by atoms with Crippen LogP contribution in [0.5, 0.6) is 0 Å². The predicted molar refractivity (Wildman–Crippen MR) is 87.0 cm³/mol. The molecule has 1 aliphatic heterocycles. The van der Waals surface area contributed by atoms with Crippen LogP contribution in [0.2, 0.25) is 0 Å². The van der Waals surface area contributed by atoms with Crippen molar-refractivity contribution in [3.63, 3.8) is 0 Å². The maximum absolute atomic E-state index is 12.4. The molecule has 0 aliphatic carbocycles. The number of anilines is 1. The van der Waals surface area contributed by atoms with Crippen molar-refractivity contribution < 1.29 is 8.42 Å². The smallest absolute Gasteiger partial charge is 0.240 e. The van der Waals surface area contributed by atoms with E-state index in [0.29, 0.717) is 29.2 Å². The fourth-order valence-electron chi connectivity index (χ4n) is 2.97. The summed E-state index contributed by atoms with van der Waals surface area (Å²) < 4.78 is 27.7. The second-order valence-electron chi connectivity index (χ2n) is 6.50. The Kier molecular flexibility index (Phi) is 4.94. The van der Waals surface area contributed by atoms with E-state index >= 15 is 0 Å². The molecule has 0 atom stereocenters. The molecule has 21 heavy (non-hydrogen) atoms. The maximum atomic E-state index is 12.4. The molecule has 1 aliphatic rings. The number of rotatable bonds is 6. The summed E-state index contributed by atoms with van der Waals surface area (Å²) in [6.07, 6.45) is 0.964. The lowest BCUT2D eigenvalue weighted by atomic mass is 9.86. The first kappa shape index (κ1) is 16.3. The fourth-order valence-corrected chi connectivity index (χ4v) is 4.07. The normalized spacial score (nSPS) is 14.8. The Labute approximate surface area is 128 Å². The van der Waals surface area contributed by atoms with Crippen LogP contribution < -0.4 is 10.0 Å². The van der Waals surface area contributed by atoms with E-state index < -0.39 is 10.0 Å². The molecular weight excluding hydrogens is 284 g/mol. The fraction of sp³-hybridized carbons (Fsp3) is 0.625. The third kappa shape index (κ3) is 3.77. The molecule has 2 N–H and O–H groups in total. The minimum absolute atomic E-state index is 0.340. The molecule has 0 aromatic heterocycles. The van der Waals surface area contributed by atoms with Gasteiger partial charge in [-0.3, -0.25) is 0 Å². The van der Waals surface area contributed by atoms with Crippen molar-refractivity contribution in [1.29, 1.82) is 0 Å². The molecule has 0 radical (unpaired) electrons. The molecule has 0 fully saturated rings. The lowest BCUT2D eigenvalue weighted by Gasteiger charge is -2.25. The van der Waals surface area contributed by atoms with E-state index in [2.05, 4.69) is 37.7 Å². The molecule has 0 amide bonds. The second-order valence-corrected chi connectivity index (χ2v) is 8.27. The van der Waals surface area contributed by atoms with E-state index in [0.717, 1.165) is 18.7 Å². The van der Waals surface area contributed by atoms with Gasteiger partial charge in [0.1, 0.15) is 0 Å². The van der Waals surface area contributed by atoms with Crippen molar-refractivity contribution >= 4 is 15.7 Å². The lowest BCUT2D eigenvalue weighted by Crippen LogP contribution is -2.34. The number of hydrogen-bond acceptors (Lipinski definition) is 3. The van der Waals surface area contributed by atoms with Crippen molar-refractivity contribution in [1.82, 2.24) is 4.72 Å². The van der Waals surface area contributed by atoms with E-state index in [-0.39, 0.29) is 0 Å². The Morgan fingerprint density at radius 1 is 1.19 bits per heavy atom. The first-order valence-electron chi connectivity index (χ1n) is 7.67. The SMILES string of the molecule is CC(C)C(CNS(=O)(=O)c1ccc2c(c1)NCC2)C(C)C. The zero-order chi connectivity index (χ0) is 15.6. The first-order valence-corrected chi connectivity index (χ1v) is 9.16. The van der Waals surface area contributed by atoms with Gasteiger partial charge in [0.05, 0.1) is 4.90 Å². The standard InChI is InChI=1S/C16H26N2O2S/c1-11(2)15(12(3)4)10-18-21(19,20)14-6-5-13-7-8-17-16(13)9-14/h5-6,9,11-12,15,17-18H,7-8,10H2,1-4H3. The Hall–Kier alpha value is -1.07. The molecule has 4 nitrogen and oxygen atoms in total. The van der Waals surface area contributed by atoms with Gasteiger partial charge in [0, 0.05) is 18.8 Å². The summed E-state index contributed by atoms with van der Waals surface area (Å²) in [6, 6.07) is 5.35. The van der Waals surface area contributed by atoms with Crippen LogP contribution in [-0.2, 0) is 16.4 Å². The number of sulfonamides is 1. The third-order valence-corrected chi connectivity index (χ3v) is 5.74. The number of benzene rings is 1. The van der Waals surface area contributed by atoms with E-state index in [4.69, 9.17) is 0 Å². The van der Waals surface area contributed by atoms with Crippen molar-refractivity contribution in [3.8, 4) is 0 Å². The van der Waals surface area contributed by atoms with Crippen LogP contribution in [0.15, 0.2) is 23.1 Å². The van der Waals surface area contributed by atoms with Crippen LogP contribution >= 0.6 is 0 Å². The van der Waals surface area contributed by atoms with Gasteiger partial charge < -0.3 is 5.32 Å². The van der Waals surface area contributed by atoms with Gasteiger partial charge in [-0.1, -0.05) is 33.8 Å². The van der Waals surface area contributed by atoms with E-state index in [9.17, 15) is 8.42 Å². The summed E-state index contributed by atoms with van der Waals surface area (Å²) in [7, 11) is -3.43. The van der Waals surface area contributed by atoms with Crippen LogP contribution in [0, 0.1) is 17.8 Å². The molecule has 0 bridgehead atoms. The van der Waals surface area contributed by atoms with Gasteiger partial charge in [-0.05, 0) is 41.9 Å². The number of fused-ring (bicyclic) bond motifs is 1. The van der Waals surface area contributed by atoms with Gasteiger partial charge in [0.2, 0.25) is 10.0 Å². The number of nitrogens with one attached hydrogen (secondary N) is 2. The molecule has 1 aromatic rings. The average molecular weight is 310 g/mol. The summed E-state index contributed by atoms with van der Waals surface area (Å²) in [5.74, 6) is 1.25. The Balaban J connectivity index is 2.11. The zero-order valence-corrected chi connectivity index (χ0v) is 14.1. The lowest BCUT2D eigenvalue weighted by molar-refractivity contribution is 0.289. The Morgan fingerprint density at radius 3 is 2.48 bits per heavy atom. The highest BCUT2D eigenvalue weighted by Crippen LogP contribution is 2.26. The van der Waals surface area contributed by atoms with E-state index in [1.54, 1.807) is 12.1 Å². The van der Waals surface area contributed by atoms with Gasteiger partial charge >= 0.3 is 0 Å². The first-order chi connectivity index (χ1) is 9.81. The summed E-state index contributed by atoms with van der Waals surface area (Å²) in [5.41, 5.74) is 2.14. The summed E-state index contributed by atoms with van der Waals surface area (Å²) >= 11 is 0. The van der Waals surface area contributed by atoms with Gasteiger partial charge in [0.25, 0.3) is 0 Å². The minimum atomic E-state index is -3.43. The average Bonchev–Trinajstić information content (AvgIpc) is 2.84. The molecular formula is C16H26N2O2S. The summed E-state index contributed by atoms with van der Waals surface area (Å²) in [6.45, 7) is 9.92. The molecule has 1 heterocycles. The molecule has 5 heteroatoms. The maximum Gasteiger partial charge on any atom is 0.240 e. The van der Waals surface area contributed by atoms with Crippen molar-refractivity contribution in [2.24, 2.45) is 17.8 Å². The molecule has 118 valence electrons. The van der Waals surface area contributed by atoms with Crippen molar-refractivity contribution in [3.05, 3.63) is 23.8 Å². The molecule has 1 aromatic carbocycles. The minimum Gasteiger partial charge on any atom is -0.384 e. The Morgan fingerprint density at radius 2 is 1.86 bits per heavy atom. The van der Waals surface area contributed by atoms with E-state index in [1.165, 1.54) is 5.56 Å². The van der Waals surface area contributed by atoms with Crippen LogP contribution in [0.3, 0.4) is 0 Å². The Bertz CT molecular complexity index is 586. The van der Waals surface area contributed by atoms with Crippen LogP contribution in [0.25, 0.3) is 0 Å². The van der Waals surface area contributed by atoms with Crippen LogP contribution in [0.1, 0.15) is 33.3 Å². The monoisotopic (exact) mass is 310 g/mol. The summed E-state index contributed by atoms with van der Waals surface area (Å²) in [4.78, 5) is 0.349. The van der Waals surface area contributed by atoms with Crippen LogP contribution in [0.4, 0.5) is 5.69 Å². The van der Waals surface area contributed by atoms with Gasteiger partial charge in [0.15, 0.2) is 0 Å². The van der Waals surface area contributed by atoms with Crippen molar-refractivity contribution in [2.75, 3.05) is 18.4 Å². The van der Waals surface area contributed by atoms with Crippen molar-refractivity contribution in [2.45, 2.75) is 39.0 Å². The van der Waals surface area contributed by atoms with Gasteiger partial charge in [-0.25, -0.2) is 13.1 Å². The van der Waals surface area contributed by atoms with E-state index in [1.807, 2.05) is 6.07 Å². The van der Waals surface area contributed by atoms with Gasteiger partial charge in [-0.15, -0.1) is 0 Å². The quantitative estimate of drug-likeness (QED) is 0.849. The zero-order valence-electron chi connectivity index (χ0n) is 13.3. The highest BCUT2D eigenvalue weighted by Gasteiger charge is 2.22. The largest absolute Gasteiger partial charge is 0.384 e. The molecule has 0 saturated carbocycles. The topological polar surface area (TPSA) is 58.2 Å². The highest BCUT2D eigenvalue weighted by molar-refractivity contribution is 7.89. The summed E-state index contributed by atoms with van der Waals surface area (Å²) in [5, 5.41) is 3.22. The second kappa shape index (κ2) is 6.36. The molecule has 0 spiro atoms. The molecule has 0 unspecified atom stereocenters.